The molecule has 1 atom stereocenters. The maximum Gasteiger partial charge on any atom is 0.416 e. The Kier molecular flexibility index (Phi) is 9.86. The Morgan fingerprint density at radius 2 is 1.93 bits per heavy atom. The molecule has 1 unspecified atom stereocenters. The number of benzene rings is 1. The first kappa shape index (κ1) is 24.0. The molecule has 0 spiro atoms. The molecule has 0 aromatic heterocycles. The number of nitrogens with one attached hydrogen (secondary N) is 1. The van der Waals surface area contributed by atoms with E-state index in [0.29, 0.717) is 12.5 Å². The molecule has 1 fully saturated rings. The van der Waals surface area contributed by atoms with Crippen molar-refractivity contribution < 1.29 is 13.2 Å². The van der Waals surface area contributed by atoms with Crippen LogP contribution >= 0.6 is 24.0 Å². The van der Waals surface area contributed by atoms with Gasteiger partial charge in [0.15, 0.2) is 5.96 Å². The van der Waals surface area contributed by atoms with Gasteiger partial charge >= 0.3 is 6.18 Å². The van der Waals surface area contributed by atoms with Gasteiger partial charge in [0.25, 0.3) is 0 Å². The van der Waals surface area contributed by atoms with Gasteiger partial charge in [-0.15, -0.1) is 24.0 Å². The highest BCUT2D eigenvalue weighted by molar-refractivity contribution is 14.0. The molecule has 1 heterocycles. The van der Waals surface area contributed by atoms with Gasteiger partial charge in [-0.3, -0.25) is 4.99 Å². The predicted octanol–water partition coefficient (Wildman–Crippen LogP) is 4.06. The van der Waals surface area contributed by atoms with Gasteiger partial charge in [0, 0.05) is 33.2 Å². The molecule has 2 rings (SSSR count). The molecule has 1 aliphatic heterocycles. The second-order valence-electron chi connectivity index (χ2n) is 6.79. The van der Waals surface area contributed by atoms with Crippen LogP contribution in [0.25, 0.3) is 0 Å². The normalized spacial score (nSPS) is 18.3. The third-order valence-electron chi connectivity index (χ3n) is 4.71. The van der Waals surface area contributed by atoms with Crippen molar-refractivity contribution in [2.24, 2.45) is 10.9 Å². The molecule has 27 heavy (non-hydrogen) atoms. The number of alkyl halides is 3. The third kappa shape index (κ3) is 7.48. The van der Waals surface area contributed by atoms with E-state index in [2.05, 4.69) is 17.1 Å². The number of likely N-dealkylation sites (tertiary alicyclic amines) is 1. The van der Waals surface area contributed by atoms with Gasteiger partial charge in [0.05, 0.1) is 5.56 Å². The zero-order valence-electron chi connectivity index (χ0n) is 16.2. The number of hydrogen-bond donors (Lipinski definition) is 1. The Bertz CT molecular complexity index is 590. The fourth-order valence-electron chi connectivity index (χ4n) is 3.18. The Hall–Kier alpha value is -1.03. The van der Waals surface area contributed by atoms with Gasteiger partial charge in [-0.1, -0.05) is 19.1 Å². The fraction of sp³-hybridized carbons (Fsp3) is 0.632. The first-order chi connectivity index (χ1) is 12.3. The number of hydrogen-bond acceptors (Lipinski definition) is 2. The van der Waals surface area contributed by atoms with E-state index < -0.39 is 11.7 Å². The number of halogens is 4. The van der Waals surface area contributed by atoms with E-state index in [1.54, 1.807) is 0 Å². The molecule has 8 heteroatoms. The summed E-state index contributed by atoms with van der Waals surface area (Å²) in [5, 5.41) is 3.27. The molecule has 4 nitrogen and oxygen atoms in total. The molecule has 154 valence electrons. The number of aliphatic imine (C=N–C) groups is 1. The summed E-state index contributed by atoms with van der Waals surface area (Å²) in [6.45, 7) is 9.52. The minimum atomic E-state index is -4.30. The first-order valence-corrected chi connectivity index (χ1v) is 9.21. The maximum absolute atomic E-state index is 12.7. The lowest BCUT2D eigenvalue weighted by Crippen LogP contribution is -2.39. The Morgan fingerprint density at radius 1 is 1.26 bits per heavy atom. The molecule has 0 bridgehead atoms. The van der Waals surface area contributed by atoms with Crippen LogP contribution in [0.1, 0.15) is 31.4 Å². The van der Waals surface area contributed by atoms with Crippen LogP contribution in [0.4, 0.5) is 13.2 Å². The van der Waals surface area contributed by atoms with Crippen LogP contribution in [0.3, 0.4) is 0 Å². The van der Waals surface area contributed by atoms with Crippen LogP contribution in [-0.4, -0.2) is 55.5 Å². The standard InChI is InChI=1S/C19H29F3N4.HI/c1-4-23-18(24-12-16-10-11-26(5-2)14-16)25(3)13-15-6-8-17(9-7-15)19(20,21)22;/h6-9,16H,4-5,10-14H2,1-3H3,(H,23,24);1H. The Morgan fingerprint density at radius 3 is 2.44 bits per heavy atom. The Labute approximate surface area is 177 Å². The van der Waals surface area contributed by atoms with Crippen LogP contribution in [-0.2, 0) is 12.7 Å². The van der Waals surface area contributed by atoms with Crippen molar-refractivity contribution in [2.75, 3.05) is 39.8 Å². The molecule has 1 aromatic rings. The summed E-state index contributed by atoms with van der Waals surface area (Å²) in [6, 6.07) is 5.31. The average Bonchev–Trinajstić information content (AvgIpc) is 3.06. The number of guanidine groups is 1. The van der Waals surface area contributed by atoms with Gasteiger partial charge in [-0.05, 0) is 50.0 Å². The lowest BCUT2D eigenvalue weighted by atomic mass is 10.1. The van der Waals surface area contributed by atoms with Crippen LogP contribution in [0.5, 0.6) is 0 Å². The van der Waals surface area contributed by atoms with E-state index in [1.807, 2.05) is 18.9 Å². The second-order valence-corrected chi connectivity index (χ2v) is 6.79. The highest BCUT2D eigenvalue weighted by Gasteiger charge is 2.30. The van der Waals surface area contributed by atoms with Crippen LogP contribution in [0.15, 0.2) is 29.3 Å². The first-order valence-electron chi connectivity index (χ1n) is 9.21. The second kappa shape index (κ2) is 11.1. The quantitative estimate of drug-likeness (QED) is 0.365. The minimum absolute atomic E-state index is 0. The molecule has 1 aliphatic rings. The van der Waals surface area contributed by atoms with Crippen molar-refractivity contribution >= 4 is 29.9 Å². The number of rotatable bonds is 6. The molecular weight excluding hydrogens is 468 g/mol. The molecule has 1 N–H and O–H groups in total. The summed E-state index contributed by atoms with van der Waals surface area (Å²) in [5.74, 6) is 1.37. The topological polar surface area (TPSA) is 30.9 Å². The zero-order valence-corrected chi connectivity index (χ0v) is 18.6. The lowest BCUT2D eigenvalue weighted by Gasteiger charge is -2.23. The lowest BCUT2D eigenvalue weighted by molar-refractivity contribution is -0.137. The average molecular weight is 498 g/mol. The molecule has 0 radical (unpaired) electrons. The molecular formula is C19H30F3IN4. The molecule has 0 saturated carbocycles. The highest BCUT2D eigenvalue weighted by Crippen LogP contribution is 2.29. The molecule has 0 amide bonds. The van der Waals surface area contributed by atoms with Crippen molar-refractivity contribution in [1.82, 2.24) is 15.1 Å². The smallest absolute Gasteiger partial charge is 0.357 e. The van der Waals surface area contributed by atoms with Crippen molar-refractivity contribution in [3.05, 3.63) is 35.4 Å². The molecule has 1 saturated heterocycles. The maximum atomic E-state index is 12.7. The van der Waals surface area contributed by atoms with Gasteiger partial charge in [0.2, 0.25) is 0 Å². The summed E-state index contributed by atoms with van der Waals surface area (Å²) in [6.07, 6.45) is -3.13. The van der Waals surface area contributed by atoms with E-state index in [4.69, 9.17) is 4.99 Å². The fourth-order valence-corrected chi connectivity index (χ4v) is 3.18. The number of nitrogens with zero attached hydrogens (tertiary/aromatic N) is 3. The van der Waals surface area contributed by atoms with E-state index in [0.717, 1.165) is 56.4 Å². The summed E-state index contributed by atoms with van der Waals surface area (Å²) in [7, 11) is 1.91. The predicted molar refractivity (Wildman–Crippen MR) is 115 cm³/mol. The van der Waals surface area contributed by atoms with Crippen LogP contribution < -0.4 is 5.32 Å². The van der Waals surface area contributed by atoms with Crippen molar-refractivity contribution in [3.8, 4) is 0 Å². The minimum Gasteiger partial charge on any atom is -0.357 e. The summed E-state index contributed by atoms with van der Waals surface area (Å²) >= 11 is 0. The third-order valence-corrected chi connectivity index (χ3v) is 4.71. The van der Waals surface area contributed by atoms with Gasteiger partial charge in [-0.25, -0.2) is 0 Å². The van der Waals surface area contributed by atoms with Crippen molar-refractivity contribution in [2.45, 2.75) is 33.0 Å². The van der Waals surface area contributed by atoms with Crippen LogP contribution in [0, 0.1) is 5.92 Å². The summed E-state index contributed by atoms with van der Waals surface area (Å²) in [5.41, 5.74) is 0.204. The van der Waals surface area contributed by atoms with E-state index >= 15 is 0 Å². The van der Waals surface area contributed by atoms with Gasteiger partial charge in [-0.2, -0.15) is 13.2 Å². The highest BCUT2D eigenvalue weighted by atomic mass is 127. The summed E-state index contributed by atoms with van der Waals surface area (Å²) in [4.78, 5) is 9.13. The van der Waals surface area contributed by atoms with Gasteiger partial charge in [0.1, 0.15) is 0 Å². The molecule has 1 aromatic carbocycles. The SMILES string of the molecule is CCNC(=NCC1CCN(CC)C1)N(C)Cc1ccc(C(F)(F)F)cc1.I. The zero-order chi connectivity index (χ0) is 19.2. The van der Waals surface area contributed by atoms with Gasteiger partial charge < -0.3 is 15.1 Å². The van der Waals surface area contributed by atoms with Crippen molar-refractivity contribution in [1.29, 1.82) is 0 Å². The Balaban J connectivity index is 0.00000364. The van der Waals surface area contributed by atoms with E-state index in [1.165, 1.54) is 18.6 Å². The summed E-state index contributed by atoms with van der Waals surface area (Å²) < 4.78 is 38.0. The largest absolute Gasteiger partial charge is 0.416 e. The van der Waals surface area contributed by atoms with Crippen molar-refractivity contribution in [3.63, 3.8) is 0 Å². The van der Waals surface area contributed by atoms with E-state index in [9.17, 15) is 13.2 Å². The van der Waals surface area contributed by atoms with Crippen LogP contribution in [0.2, 0.25) is 0 Å². The molecule has 0 aliphatic carbocycles. The monoisotopic (exact) mass is 498 g/mol. The van der Waals surface area contributed by atoms with E-state index in [-0.39, 0.29) is 24.0 Å².